The lowest BCUT2D eigenvalue weighted by Crippen LogP contribution is -2.29. The maximum atomic E-state index is 11.7. The molecular weight excluding hydrogens is 312 g/mol. The Kier molecular flexibility index (Phi) is 5.36. The molecule has 1 amide bonds. The Morgan fingerprint density at radius 3 is 2.67 bits per heavy atom. The zero-order valence-electron chi connectivity index (χ0n) is 12.7. The predicted molar refractivity (Wildman–Crippen MR) is 84.8 cm³/mol. The molecule has 0 unspecified atom stereocenters. The number of benzene rings is 1. The number of aliphatic carboxylic acids is 1. The molecule has 0 radical (unpaired) electrons. The summed E-state index contributed by atoms with van der Waals surface area (Å²) in [5.74, 6) is 4.04. The quantitative estimate of drug-likeness (QED) is 0.724. The second kappa shape index (κ2) is 7.65. The average molecular weight is 326 g/mol. The number of hydrogen-bond acceptors (Lipinski definition) is 5. The zero-order valence-corrected chi connectivity index (χ0v) is 12.7. The number of hydrogen-bond donors (Lipinski definition) is 3. The van der Waals surface area contributed by atoms with Gasteiger partial charge in [0.2, 0.25) is 0 Å². The van der Waals surface area contributed by atoms with E-state index in [4.69, 9.17) is 9.84 Å². The van der Waals surface area contributed by atoms with Crippen molar-refractivity contribution >= 4 is 11.9 Å². The number of aromatic hydroxyl groups is 1. The minimum absolute atomic E-state index is 0.261. The second-order valence-corrected chi connectivity index (χ2v) is 4.65. The summed E-state index contributed by atoms with van der Waals surface area (Å²) in [7, 11) is 1.56. The Morgan fingerprint density at radius 1 is 1.25 bits per heavy atom. The summed E-state index contributed by atoms with van der Waals surface area (Å²) in [6.07, 6.45) is 1.32. The monoisotopic (exact) mass is 326 g/mol. The number of ether oxygens (including phenoxy) is 1. The molecule has 0 bridgehead atoms. The van der Waals surface area contributed by atoms with Gasteiger partial charge in [-0.25, -0.2) is 4.98 Å². The first-order chi connectivity index (χ1) is 11.5. The lowest BCUT2D eigenvalue weighted by Gasteiger charge is -2.04. The number of carbonyl (C=O) groups is 2. The van der Waals surface area contributed by atoms with Crippen molar-refractivity contribution in [2.24, 2.45) is 0 Å². The van der Waals surface area contributed by atoms with Gasteiger partial charge >= 0.3 is 5.97 Å². The number of nitrogens with zero attached hydrogens (tertiary/aromatic N) is 1. The highest BCUT2D eigenvalue weighted by atomic mass is 16.5. The van der Waals surface area contributed by atoms with E-state index in [1.54, 1.807) is 31.4 Å². The number of carbonyl (C=O) groups excluding carboxylic acids is 1. The van der Waals surface area contributed by atoms with E-state index in [9.17, 15) is 14.7 Å². The van der Waals surface area contributed by atoms with E-state index in [-0.39, 0.29) is 11.4 Å². The zero-order chi connectivity index (χ0) is 17.5. The molecule has 3 N–H and O–H groups in total. The molecule has 24 heavy (non-hydrogen) atoms. The second-order valence-electron chi connectivity index (χ2n) is 4.65. The van der Waals surface area contributed by atoms with Gasteiger partial charge in [-0.2, -0.15) is 0 Å². The number of nitrogens with one attached hydrogen (secondary N) is 1. The van der Waals surface area contributed by atoms with E-state index in [2.05, 4.69) is 22.1 Å². The number of methoxy groups -OCH3 is 1. The fraction of sp³-hybridized carbons (Fsp3) is 0.118. The lowest BCUT2D eigenvalue weighted by atomic mass is 10.2. The van der Waals surface area contributed by atoms with Crippen LogP contribution in [0.4, 0.5) is 0 Å². The molecule has 122 valence electrons. The minimum atomic E-state index is -1.19. The van der Waals surface area contributed by atoms with Crippen molar-refractivity contribution in [3.05, 3.63) is 53.3 Å². The van der Waals surface area contributed by atoms with Crippen LogP contribution in [0.25, 0.3) is 0 Å². The summed E-state index contributed by atoms with van der Waals surface area (Å²) in [4.78, 5) is 25.9. The molecule has 0 aliphatic rings. The molecule has 7 nitrogen and oxygen atoms in total. The molecule has 0 atom stereocenters. The highest BCUT2D eigenvalue weighted by Gasteiger charge is 2.13. The van der Waals surface area contributed by atoms with E-state index >= 15 is 0 Å². The van der Waals surface area contributed by atoms with Gasteiger partial charge in [-0.1, -0.05) is 17.9 Å². The van der Waals surface area contributed by atoms with Crippen LogP contribution < -0.4 is 10.1 Å². The van der Waals surface area contributed by atoms with Crippen LogP contribution in [0.5, 0.6) is 11.5 Å². The van der Waals surface area contributed by atoms with Crippen LogP contribution in [-0.2, 0) is 4.79 Å². The van der Waals surface area contributed by atoms with Gasteiger partial charge in [0.15, 0.2) is 5.69 Å². The summed E-state index contributed by atoms with van der Waals surface area (Å²) in [6, 6.07) is 8.44. The number of carboxylic acid groups (broad SMARTS) is 1. The van der Waals surface area contributed by atoms with Gasteiger partial charge in [0.05, 0.1) is 7.11 Å². The molecule has 1 heterocycles. The standard InChI is InChI=1S/C17H14N2O5/c1-24-13-4-2-3-11(7-13)5-6-12-8-14(20)16(18-9-12)17(23)19-10-15(21)22/h2-4,7-9,20H,10H2,1H3,(H,19,23)(H,21,22). The van der Waals surface area contributed by atoms with E-state index in [0.717, 1.165) is 5.56 Å². The summed E-state index contributed by atoms with van der Waals surface area (Å²) in [5, 5.41) is 20.5. The van der Waals surface area contributed by atoms with Gasteiger partial charge in [-0.3, -0.25) is 9.59 Å². The average Bonchev–Trinajstić information content (AvgIpc) is 2.58. The van der Waals surface area contributed by atoms with Gasteiger partial charge in [-0.05, 0) is 24.3 Å². The molecule has 0 saturated heterocycles. The normalized spacial score (nSPS) is 9.54. The third-order valence-electron chi connectivity index (χ3n) is 2.90. The minimum Gasteiger partial charge on any atom is -0.505 e. The fourth-order valence-electron chi connectivity index (χ4n) is 1.78. The third-order valence-corrected chi connectivity index (χ3v) is 2.90. The molecule has 0 fully saturated rings. The van der Waals surface area contributed by atoms with Crippen molar-refractivity contribution in [2.45, 2.75) is 0 Å². The van der Waals surface area contributed by atoms with E-state index in [0.29, 0.717) is 11.3 Å². The number of rotatable bonds is 4. The summed E-state index contributed by atoms with van der Waals surface area (Å²) in [5.41, 5.74) is 0.866. The van der Waals surface area contributed by atoms with Gasteiger partial charge in [0, 0.05) is 17.3 Å². The first kappa shape index (κ1) is 16.8. The molecule has 0 aliphatic carbocycles. The molecule has 2 rings (SSSR count). The maximum Gasteiger partial charge on any atom is 0.322 e. The smallest absolute Gasteiger partial charge is 0.322 e. The van der Waals surface area contributed by atoms with Crippen LogP contribution in [0.2, 0.25) is 0 Å². The fourth-order valence-corrected chi connectivity index (χ4v) is 1.78. The van der Waals surface area contributed by atoms with Crippen LogP contribution in [0.1, 0.15) is 21.6 Å². The van der Waals surface area contributed by atoms with Crippen LogP contribution in [0.15, 0.2) is 36.5 Å². The van der Waals surface area contributed by atoms with Gasteiger partial charge in [0.1, 0.15) is 18.0 Å². The van der Waals surface area contributed by atoms with Crippen LogP contribution in [-0.4, -0.2) is 40.7 Å². The van der Waals surface area contributed by atoms with Crippen molar-refractivity contribution in [1.82, 2.24) is 10.3 Å². The van der Waals surface area contributed by atoms with Gasteiger partial charge in [0.25, 0.3) is 5.91 Å². The summed E-state index contributed by atoms with van der Waals surface area (Å²) >= 11 is 0. The Labute approximate surface area is 137 Å². The highest BCUT2D eigenvalue weighted by molar-refractivity contribution is 5.96. The molecule has 0 saturated carbocycles. The van der Waals surface area contributed by atoms with Crippen molar-refractivity contribution in [3.8, 4) is 23.3 Å². The van der Waals surface area contributed by atoms with Crippen molar-refractivity contribution < 1.29 is 24.5 Å². The lowest BCUT2D eigenvalue weighted by molar-refractivity contribution is -0.135. The molecular formula is C17H14N2O5. The Balaban J connectivity index is 2.16. The molecule has 1 aromatic heterocycles. The van der Waals surface area contributed by atoms with E-state index in [1.165, 1.54) is 12.3 Å². The number of amides is 1. The Hall–Kier alpha value is -3.53. The highest BCUT2D eigenvalue weighted by Crippen LogP contribution is 2.16. The van der Waals surface area contributed by atoms with Crippen LogP contribution in [0.3, 0.4) is 0 Å². The van der Waals surface area contributed by atoms with Gasteiger partial charge < -0.3 is 20.3 Å². The maximum absolute atomic E-state index is 11.7. The molecule has 7 heteroatoms. The van der Waals surface area contributed by atoms with Crippen molar-refractivity contribution in [1.29, 1.82) is 0 Å². The van der Waals surface area contributed by atoms with Crippen molar-refractivity contribution in [2.75, 3.05) is 13.7 Å². The predicted octanol–water partition coefficient (Wildman–Crippen LogP) is 1.01. The molecule has 1 aromatic carbocycles. The number of pyridine rings is 1. The third kappa shape index (κ3) is 4.48. The SMILES string of the molecule is COc1cccc(C#Cc2cnc(C(=O)NCC(=O)O)c(O)c2)c1. The van der Waals surface area contributed by atoms with Crippen LogP contribution >= 0.6 is 0 Å². The van der Waals surface area contributed by atoms with E-state index in [1.807, 2.05) is 0 Å². The van der Waals surface area contributed by atoms with E-state index < -0.39 is 18.4 Å². The molecule has 2 aromatic rings. The summed E-state index contributed by atoms with van der Waals surface area (Å²) in [6.45, 7) is -0.558. The number of carboxylic acids is 1. The summed E-state index contributed by atoms with van der Waals surface area (Å²) < 4.78 is 5.10. The first-order valence-electron chi connectivity index (χ1n) is 6.84. The largest absolute Gasteiger partial charge is 0.505 e. The number of aromatic nitrogens is 1. The Morgan fingerprint density at radius 2 is 2.00 bits per heavy atom. The first-order valence-corrected chi connectivity index (χ1v) is 6.84. The molecule has 0 spiro atoms. The van der Waals surface area contributed by atoms with Crippen LogP contribution in [0, 0.1) is 11.8 Å². The topological polar surface area (TPSA) is 109 Å². The van der Waals surface area contributed by atoms with Crippen molar-refractivity contribution in [3.63, 3.8) is 0 Å². The Bertz CT molecular complexity index is 836. The van der Waals surface area contributed by atoms with Gasteiger partial charge in [-0.15, -0.1) is 0 Å². The molecule has 0 aliphatic heterocycles.